The first-order chi connectivity index (χ1) is 24.8. The maximum Gasteiger partial charge on any atom is 0.238 e. The van der Waals surface area contributed by atoms with Crippen LogP contribution in [-0.2, 0) is 0 Å². The molecule has 0 aliphatic heterocycles. The normalized spacial score (nSPS) is 11.6. The van der Waals surface area contributed by atoms with Gasteiger partial charge in [0.05, 0.1) is 11.0 Å². The minimum Gasteiger partial charge on any atom is -0.278 e. The van der Waals surface area contributed by atoms with Crippen molar-refractivity contribution in [3.8, 4) is 51.0 Å². The molecule has 4 nitrogen and oxygen atoms in total. The van der Waals surface area contributed by atoms with Gasteiger partial charge in [0.15, 0.2) is 11.6 Å². The van der Waals surface area contributed by atoms with Crippen molar-refractivity contribution in [2.24, 2.45) is 0 Å². The lowest BCUT2D eigenvalue weighted by atomic mass is 9.98. The fraction of sp³-hybridized carbons (Fsp3) is 0. The summed E-state index contributed by atoms with van der Waals surface area (Å²) in [5, 5.41) is 4.89. The fourth-order valence-corrected chi connectivity index (χ4v) is 8.25. The summed E-state index contributed by atoms with van der Waals surface area (Å²) in [4.78, 5) is 15.4. The second kappa shape index (κ2) is 11.6. The highest BCUT2D eigenvalue weighted by Crippen LogP contribution is 2.42. The lowest BCUT2D eigenvalue weighted by molar-refractivity contribution is 0.953. The van der Waals surface area contributed by atoms with E-state index in [4.69, 9.17) is 15.0 Å². The topological polar surface area (TPSA) is 43.6 Å². The zero-order valence-corrected chi connectivity index (χ0v) is 27.7. The number of aromatic nitrogens is 4. The van der Waals surface area contributed by atoms with Gasteiger partial charge >= 0.3 is 0 Å². The van der Waals surface area contributed by atoms with E-state index < -0.39 is 0 Å². The molecule has 0 N–H and O–H groups in total. The SMILES string of the molecule is c1ccc(-c2ccc(-c3nc(-c4ccccc4)nc(-n4c5ccccc5c5ccc(-c6cccc7sc8ccccc8c67)cc54)n3)cc2)cc1. The van der Waals surface area contributed by atoms with Gasteiger partial charge in [0.1, 0.15) is 0 Å². The molecular formula is C45H28N4S. The number of benzene rings is 7. The first-order valence-corrected chi connectivity index (χ1v) is 17.5. The van der Waals surface area contributed by atoms with Crippen LogP contribution in [0.4, 0.5) is 0 Å². The summed E-state index contributed by atoms with van der Waals surface area (Å²) >= 11 is 1.84. The highest BCUT2D eigenvalue weighted by Gasteiger charge is 2.19. The Balaban J connectivity index is 1.21. The third kappa shape index (κ3) is 4.71. The summed E-state index contributed by atoms with van der Waals surface area (Å²) in [5.41, 5.74) is 8.68. The quantitative estimate of drug-likeness (QED) is 0.185. The molecule has 10 aromatic rings. The van der Waals surface area contributed by atoms with Gasteiger partial charge in [0.25, 0.3) is 0 Å². The van der Waals surface area contributed by atoms with Gasteiger partial charge in [0, 0.05) is 42.1 Å². The van der Waals surface area contributed by atoms with Gasteiger partial charge in [0.2, 0.25) is 5.95 Å². The van der Waals surface area contributed by atoms with E-state index in [9.17, 15) is 0 Å². The van der Waals surface area contributed by atoms with E-state index in [2.05, 4.69) is 150 Å². The molecule has 0 unspecified atom stereocenters. The van der Waals surface area contributed by atoms with Crippen molar-refractivity contribution in [3.05, 3.63) is 170 Å². The summed E-state index contributed by atoms with van der Waals surface area (Å²) < 4.78 is 4.79. The number of hydrogen-bond donors (Lipinski definition) is 0. The Morgan fingerprint density at radius 1 is 0.380 bits per heavy atom. The third-order valence-electron chi connectivity index (χ3n) is 9.49. The minimum absolute atomic E-state index is 0.587. The summed E-state index contributed by atoms with van der Waals surface area (Å²) in [7, 11) is 0. The molecule has 234 valence electrons. The molecule has 7 aromatic carbocycles. The zero-order chi connectivity index (χ0) is 33.0. The molecule has 3 aromatic heterocycles. The van der Waals surface area contributed by atoms with Gasteiger partial charge in [-0.1, -0.05) is 146 Å². The predicted octanol–water partition coefficient (Wildman–Crippen LogP) is 12.0. The highest BCUT2D eigenvalue weighted by atomic mass is 32.1. The number of hydrogen-bond acceptors (Lipinski definition) is 4. The Morgan fingerprint density at radius 2 is 0.940 bits per heavy atom. The summed E-state index contributed by atoms with van der Waals surface area (Å²) in [6.07, 6.45) is 0. The van der Waals surface area contributed by atoms with Gasteiger partial charge in [-0.3, -0.25) is 4.57 Å². The van der Waals surface area contributed by atoms with Crippen molar-refractivity contribution in [1.29, 1.82) is 0 Å². The van der Waals surface area contributed by atoms with E-state index in [0.29, 0.717) is 17.6 Å². The van der Waals surface area contributed by atoms with Crippen LogP contribution in [0.1, 0.15) is 0 Å². The van der Waals surface area contributed by atoms with E-state index in [1.807, 2.05) is 35.6 Å². The van der Waals surface area contributed by atoms with Crippen LogP contribution in [-0.4, -0.2) is 19.5 Å². The number of rotatable bonds is 5. The van der Waals surface area contributed by atoms with Crippen LogP contribution in [0, 0.1) is 0 Å². The molecule has 0 saturated carbocycles. The summed E-state index contributed by atoms with van der Waals surface area (Å²) in [6.45, 7) is 0. The standard InChI is InChI=1S/C45H28N4S/c1-3-12-29(13-4-1)30-22-24-32(25-23-30)44-46-43(31-14-5-2-6-15-31)47-45(48-44)49-38-19-9-7-16-35(38)36-27-26-33(28-39(36)49)34-18-11-21-41-42(34)37-17-8-10-20-40(37)50-41/h1-28H. The Hall–Kier alpha value is -6.43. The lowest BCUT2D eigenvalue weighted by Gasteiger charge is -2.12. The average Bonchev–Trinajstić information content (AvgIpc) is 3.74. The van der Waals surface area contributed by atoms with Crippen LogP contribution >= 0.6 is 11.3 Å². The Bertz CT molecular complexity index is 2850. The number of fused-ring (bicyclic) bond motifs is 6. The molecule has 0 spiro atoms. The molecule has 50 heavy (non-hydrogen) atoms. The molecule has 3 heterocycles. The maximum atomic E-state index is 5.20. The van der Waals surface area contributed by atoms with Gasteiger partial charge < -0.3 is 0 Å². The average molecular weight is 657 g/mol. The van der Waals surface area contributed by atoms with Gasteiger partial charge in [-0.25, -0.2) is 4.98 Å². The van der Waals surface area contributed by atoms with E-state index in [-0.39, 0.29) is 0 Å². The Morgan fingerprint density at radius 3 is 1.72 bits per heavy atom. The largest absolute Gasteiger partial charge is 0.278 e. The molecular weight excluding hydrogens is 629 g/mol. The maximum absolute atomic E-state index is 5.20. The smallest absolute Gasteiger partial charge is 0.238 e. The van der Waals surface area contributed by atoms with Crippen molar-refractivity contribution in [3.63, 3.8) is 0 Å². The van der Waals surface area contributed by atoms with Crippen LogP contribution in [0.3, 0.4) is 0 Å². The van der Waals surface area contributed by atoms with Crippen molar-refractivity contribution in [1.82, 2.24) is 19.5 Å². The second-order valence-electron chi connectivity index (χ2n) is 12.5. The van der Waals surface area contributed by atoms with Crippen molar-refractivity contribution in [2.45, 2.75) is 0 Å². The Labute approximate surface area is 292 Å². The number of thiophene rings is 1. The highest BCUT2D eigenvalue weighted by molar-refractivity contribution is 7.25. The van der Waals surface area contributed by atoms with Crippen LogP contribution in [0.15, 0.2) is 170 Å². The van der Waals surface area contributed by atoms with E-state index >= 15 is 0 Å². The molecule has 0 aliphatic rings. The second-order valence-corrected chi connectivity index (χ2v) is 13.5. The van der Waals surface area contributed by atoms with Gasteiger partial charge in [-0.05, 0) is 46.5 Å². The van der Waals surface area contributed by atoms with Gasteiger partial charge in [-0.15, -0.1) is 11.3 Å². The fourth-order valence-electron chi connectivity index (χ4n) is 7.12. The van der Waals surface area contributed by atoms with Crippen molar-refractivity contribution in [2.75, 3.05) is 0 Å². The van der Waals surface area contributed by atoms with Crippen LogP contribution in [0.2, 0.25) is 0 Å². The van der Waals surface area contributed by atoms with Crippen LogP contribution in [0.25, 0.3) is 93.0 Å². The summed E-state index contributed by atoms with van der Waals surface area (Å²) in [6, 6.07) is 59.7. The van der Waals surface area contributed by atoms with E-state index in [0.717, 1.165) is 44.1 Å². The van der Waals surface area contributed by atoms with Crippen molar-refractivity contribution >= 4 is 53.3 Å². The first-order valence-electron chi connectivity index (χ1n) is 16.7. The molecule has 10 rings (SSSR count). The lowest BCUT2D eigenvalue weighted by Crippen LogP contribution is -2.06. The minimum atomic E-state index is 0.587. The first kappa shape index (κ1) is 28.6. The number of para-hydroxylation sites is 1. The predicted molar refractivity (Wildman–Crippen MR) is 209 cm³/mol. The van der Waals surface area contributed by atoms with Crippen LogP contribution < -0.4 is 0 Å². The monoisotopic (exact) mass is 656 g/mol. The van der Waals surface area contributed by atoms with E-state index in [1.165, 1.54) is 31.3 Å². The summed E-state index contributed by atoms with van der Waals surface area (Å²) in [5.74, 6) is 1.85. The molecule has 0 radical (unpaired) electrons. The molecule has 0 saturated heterocycles. The molecule has 0 aliphatic carbocycles. The molecule has 0 amide bonds. The molecule has 0 atom stereocenters. The van der Waals surface area contributed by atoms with Gasteiger partial charge in [-0.2, -0.15) is 9.97 Å². The molecule has 0 bridgehead atoms. The molecule has 0 fully saturated rings. The zero-order valence-electron chi connectivity index (χ0n) is 26.9. The van der Waals surface area contributed by atoms with Crippen LogP contribution in [0.5, 0.6) is 0 Å². The van der Waals surface area contributed by atoms with E-state index in [1.54, 1.807) is 0 Å². The number of nitrogens with zero attached hydrogens (tertiary/aromatic N) is 4. The third-order valence-corrected chi connectivity index (χ3v) is 10.6. The molecule has 5 heteroatoms. The van der Waals surface area contributed by atoms with Crippen molar-refractivity contribution < 1.29 is 0 Å². The Kier molecular flexibility index (Phi) is 6.64.